The highest BCUT2D eigenvalue weighted by Crippen LogP contribution is 2.13. The second kappa shape index (κ2) is 6.58. The van der Waals surface area contributed by atoms with Crippen LogP contribution < -0.4 is 0 Å². The first kappa shape index (κ1) is 16.7. The lowest BCUT2D eigenvalue weighted by Crippen LogP contribution is -2.42. The number of methoxy groups -OCH3 is 1. The molecule has 0 aromatic rings. The summed E-state index contributed by atoms with van der Waals surface area (Å²) in [7, 11) is 2.91. The van der Waals surface area contributed by atoms with Crippen molar-refractivity contribution in [3.63, 3.8) is 0 Å². The van der Waals surface area contributed by atoms with Crippen molar-refractivity contribution in [2.45, 2.75) is 51.9 Å². The zero-order chi connectivity index (χ0) is 14.5. The van der Waals surface area contributed by atoms with Gasteiger partial charge in [-0.3, -0.25) is 0 Å². The second-order valence-corrected chi connectivity index (χ2v) is 5.24. The summed E-state index contributed by atoms with van der Waals surface area (Å²) in [5.74, 6) is -1.04. The number of carbonyl (C=O) groups is 2. The highest BCUT2D eigenvalue weighted by Gasteiger charge is 2.27. The summed E-state index contributed by atoms with van der Waals surface area (Å²) in [6, 6.07) is -0.291. The van der Waals surface area contributed by atoms with Gasteiger partial charge in [0.15, 0.2) is 6.10 Å². The fourth-order valence-electron chi connectivity index (χ4n) is 1.28. The monoisotopic (exact) mass is 261 g/mol. The minimum absolute atomic E-state index is 0.210. The molecular formula is C12H23NO5. The lowest BCUT2D eigenvalue weighted by Gasteiger charge is -2.29. The van der Waals surface area contributed by atoms with E-state index in [-0.39, 0.29) is 12.5 Å². The summed E-state index contributed by atoms with van der Waals surface area (Å²) in [5.41, 5.74) is -0.571. The van der Waals surface area contributed by atoms with Crippen LogP contribution in [0.1, 0.15) is 34.1 Å². The van der Waals surface area contributed by atoms with E-state index in [0.717, 1.165) is 0 Å². The molecule has 0 spiro atoms. The zero-order valence-corrected chi connectivity index (χ0v) is 11.9. The summed E-state index contributed by atoms with van der Waals surface area (Å²) < 4.78 is 10.0. The molecule has 106 valence electrons. The Bertz CT molecular complexity index is 297. The molecule has 0 radical (unpaired) electrons. The Hall–Kier alpha value is -1.30. The second-order valence-electron chi connectivity index (χ2n) is 5.24. The van der Waals surface area contributed by atoms with Gasteiger partial charge in [-0.25, -0.2) is 9.59 Å². The first-order valence-corrected chi connectivity index (χ1v) is 5.80. The third-order valence-corrected chi connectivity index (χ3v) is 2.46. The first-order chi connectivity index (χ1) is 8.08. The number of nitrogens with zero attached hydrogens (tertiary/aromatic N) is 1. The van der Waals surface area contributed by atoms with Crippen molar-refractivity contribution >= 4 is 12.1 Å². The molecule has 2 atom stereocenters. The topological polar surface area (TPSA) is 76.1 Å². The number of hydrogen-bond acceptors (Lipinski definition) is 4. The van der Waals surface area contributed by atoms with Crippen LogP contribution >= 0.6 is 0 Å². The molecule has 0 aliphatic rings. The van der Waals surface area contributed by atoms with Gasteiger partial charge in [0.25, 0.3) is 0 Å². The molecule has 0 aromatic heterocycles. The standard InChI is InChI=1S/C12H23NO5/c1-8(7-9(17-6)10(14)15)13(5)11(16)18-12(2,3)4/h8-9H,7H2,1-6H3,(H,14,15). The van der Waals surface area contributed by atoms with Gasteiger partial charge in [-0.15, -0.1) is 0 Å². The molecule has 0 saturated heterocycles. The van der Waals surface area contributed by atoms with Crippen molar-refractivity contribution in [3.8, 4) is 0 Å². The summed E-state index contributed by atoms with van der Waals surface area (Å²) in [5, 5.41) is 8.87. The smallest absolute Gasteiger partial charge is 0.410 e. The van der Waals surface area contributed by atoms with Crippen LogP contribution in [0.4, 0.5) is 4.79 Å². The highest BCUT2D eigenvalue weighted by atomic mass is 16.6. The average molecular weight is 261 g/mol. The van der Waals surface area contributed by atoms with E-state index in [1.54, 1.807) is 34.7 Å². The molecular weight excluding hydrogens is 238 g/mol. The van der Waals surface area contributed by atoms with Gasteiger partial charge < -0.3 is 19.5 Å². The summed E-state index contributed by atoms with van der Waals surface area (Å²) in [6.45, 7) is 7.08. The number of amides is 1. The minimum Gasteiger partial charge on any atom is -0.479 e. The van der Waals surface area contributed by atoms with Crippen LogP contribution in [-0.2, 0) is 14.3 Å². The maximum absolute atomic E-state index is 11.8. The van der Waals surface area contributed by atoms with E-state index in [4.69, 9.17) is 14.6 Å². The van der Waals surface area contributed by atoms with Crippen LogP contribution in [0.3, 0.4) is 0 Å². The molecule has 18 heavy (non-hydrogen) atoms. The van der Waals surface area contributed by atoms with Crippen LogP contribution in [0.15, 0.2) is 0 Å². The highest BCUT2D eigenvalue weighted by molar-refractivity contribution is 5.72. The molecule has 2 unspecified atom stereocenters. The summed E-state index contributed by atoms with van der Waals surface area (Å²) in [6.07, 6.45) is -1.19. The number of carboxylic acids is 1. The van der Waals surface area contributed by atoms with E-state index in [1.165, 1.54) is 12.0 Å². The Morgan fingerprint density at radius 1 is 1.33 bits per heavy atom. The van der Waals surface area contributed by atoms with Gasteiger partial charge in [0.05, 0.1) is 0 Å². The number of carboxylic acid groups (broad SMARTS) is 1. The lowest BCUT2D eigenvalue weighted by atomic mass is 10.1. The molecule has 6 nitrogen and oxygen atoms in total. The van der Waals surface area contributed by atoms with Gasteiger partial charge in [-0.1, -0.05) is 0 Å². The molecule has 0 saturated carbocycles. The minimum atomic E-state index is -1.04. The molecule has 0 bridgehead atoms. The molecule has 0 aromatic carbocycles. The van der Waals surface area contributed by atoms with E-state index in [2.05, 4.69) is 0 Å². The fraction of sp³-hybridized carbons (Fsp3) is 0.833. The van der Waals surface area contributed by atoms with E-state index in [0.29, 0.717) is 0 Å². The van der Waals surface area contributed by atoms with Crippen molar-refractivity contribution < 1.29 is 24.2 Å². The Morgan fingerprint density at radius 2 is 1.83 bits per heavy atom. The van der Waals surface area contributed by atoms with Crippen LogP contribution in [0.5, 0.6) is 0 Å². The zero-order valence-electron chi connectivity index (χ0n) is 11.9. The van der Waals surface area contributed by atoms with Crippen molar-refractivity contribution in [2.24, 2.45) is 0 Å². The van der Waals surface area contributed by atoms with Crippen molar-refractivity contribution in [1.82, 2.24) is 4.90 Å². The molecule has 1 N–H and O–H groups in total. The van der Waals surface area contributed by atoms with E-state index in [1.807, 2.05) is 0 Å². The third-order valence-electron chi connectivity index (χ3n) is 2.46. The van der Waals surface area contributed by atoms with E-state index >= 15 is 0 Å². The maximum Gasteiger partial charge on any atom is 0.410 e. The van der Waals surface area contributed by atoms with Crippen molar-refractivity contribution in [2.75, 3.05) is 14.2 Å². The van der Waals surface area contributed by atoms with Gasteiger partial charge in [0.1, 0.15) is 5.60 Å². The van der Waals surface area contributed by atoms with Crippen LogP contribution in [0.2, 0.25) is 0 Å². The predicted molar refractivity (Wildman–Crippen MR) is 66.5 cm³/mol. The molecule has 0 aliphatic carbocycles. The van der Waals surface area contributed by atoms with Gasteiger partial charge in [0.2, 0.25) is 0 Å². The van der Waals surface area contributed by atoms with Gasteiger partial charge in [-0.05, 0) is 27.7 Å². The molecule has 0 fully saturated rings. The predicted octanol–water partition coefficient (Wildman–Crippen LogP) is 1.73. The fourth-order valence-corrected chi connectivity index (χ4v) is 1.28. The maximum atomic E-state index is 11.8. The van der Waals surface area contributed by atoms with Gasteiger partial charge in [-0.2, -0.15) is 0 Å². The van der Waals surface area contributed by atoms with Crippen LogP contribution in [0, 0.1) is 0 Å². The summed E-state index contributed by atoms with van der Waals surface area (Å²) in [4.78, 5) is 24.0. The van der Waals surface area contributed by atoms with Gasteiger partial charge in [0, 0.05) is 26.6 Å². The van der Waals surface area contributed by atoms with Gasteiger partial charge >= 0.3 is 12.1 Å². The Kier molecular flexibility index (Phi) is 6.11. The third kappa shape index (κ3) is 5.86. The van der Waals surface area contributed by atoms with E-state index < -0.39 is 23.8 Å². The molecule has 0 rings (SSSR count). The van der Waals surface area contributed by atoms with Crippen molar-refractivity contribution in [1.29, 1.82) is 0 Å². The largest absolute Gasteiger partial charge is 0.479 e. The average Bonchev–Trinajstić information content (AvgIpc) is 2.21. The Balaban J connectivity index is 4.46. The lowest BCUT2D eigenvalue weighted by molar-refractivity contribution is -0.149. The quantitative estimate of drug-likeness (QED) is 0.815. The van der Waals surface area contributed by atoms with Crippen LogP contribution in [-0.4, -0.2) is 54.0 Å². The van der Waals surface area contributed by atoms with Crippen molar-refractivity contribution in [3.05, 3.63) is 0 Å². The molecule has 6 heteroatoms. The SMILES string of the molecule is COC(CC(C)N(C)C(=O)OC(C)(C)C)C(=O)O. The number of hydrogen-bond donors (Lipinski definition) is 1. The molecule has 0 aliphatic heterocycles. The summed E-state index contributed by atoms with van der Waals surface area (Å²) >= 11 is 0. The number of carbonyl (C=O) groups excluding carboxylic acids is 1. The van der Waals surface area contributed by atoms with E-state index in [9.17, 15) is 9.59 Å². The number of aliphatic carboxylic acids is 1. The molecule has 0 heterocycles. The Morgan fingerprint density at radius 3 is 2.17 bits per heavy atom. The van der Waals surface area contributed by atoms with Crippen LogP contribution in [0.25, 0.3) is 0 Å². The Labute approximate surface area is 108 Å². The first-order valence-electron chi connectivity index (χ1n) is 5.80. The molecule has 1 amide bonds. The number of ether oxygens (including phenoxy) is 2. The number of rotatable bonds is 5. The normalized spacial score (nSPS) is 14.8.